The molecule has 1 aromatic heterocycles. The molecule has 236 valence electrons. The van der Waals surface area contributed by atoms with Crippen LogP contribution in [0, 0.1) is 0 Å². The second-order valence-corrected chi connectivity index (χ2v) is 12.7. The zero-order valence-electron chi connectivity index (χ0n) is 27.4. The Labute approximate surface area is 292 Å². The third-order valence-electron chi connectivity index (χ3n) is 9.61. The Kier molecular flexibility index (Phi) is 7.56. The van der Waals surface area contributed by atoms with Gasteiger partial charge in [-0.3, -0.25) is 9.98 Å². The molecule has 0 spiro atoms. The summed E-state index contributed by atoms with van der Waals surface area (Å²) in [4.78, 5) is 9.63. The minimum absolute atomic E-state index is 0.161. The number of pyridine rings is 1. The van der Waals surface area contributed by atoms with Crippen molar-refractivity contribution in [3.63, 3.8) is 0 Å². The molecule has 2 heterocycles. The summed E-state index contributed by atoms with van der Waals surface area (Å²) in [6.07, 6.45) is 5.94. The van der Waals surface area contributed by atoms with Crippen LogP contribution in [-0.4, -0.2) is 10.8 Å². The largest absolute Gasteiger partial charge is 0.340 e. The zero-order chi connectivity index (χ0) is 33.3. The molecule has 50 heavy (non-hydrogen) atoms. The molecule has 1 unspecified atom stereocenters. The molecule has 1 atom stereocenters. The molecule has 0 saturated carbocycles. The van der Waals surface area contributed by atoms with E-state index in [0.29, 0.717) is 0 Å². The maximum absolute atomic E-state index is 5.32. The highest BCUT2D eigenvalue weighted by Gasteiger charge is 2.20. The fraction of sp³-hybridized carbons (Fsp3) is 0.0213. The first-order chi connectivity index (χ1) is 24.7. The van der Waals surface area contributed by atoms with E-state index in [4.69, 9.17) is 4.99 Å². The van der Waals surface area contributed by atoms with Crippen molar-refractivity contribution in [1.82, 2.24) is 10.3 Å². The maximum atomic E-state index is 5.32. The predicted molar refractivity (Wildman–Crippen MR) is 209 cm³/mol. The van der Waals surface area contributed by atoms with Crippen molar-refractivity contribution in [2.45, 2.75) is 6.04 Å². The Bertz CT molecular complexity index is 2540. The Hall–Kier alpha value is -6.58. The van der Waals surface area contributed by atoms with Crippen LogP contribution in [0.3, 0.4) is 0 Å². The number of hydrogen-bond acceptors (Lipinski definition) is 3. The second kappa shape index (κ2) is 12.8. The zero-order valence-corrected chi connectivity index (χ0v) is 27.4. The smallest absolute Gasteiger partial charge is 0.133 e. The van der Waals surface area contributed by atoms with Crippen LogP contribution in [0.15, 0.2) is 193 Å². The maximum Gasteiger partial charge on any atom is 0.133 e. The van der Waals surface area contributed by atoms with E-state index in [0.717, 1.165) is 44.9 Å². The summed E-state index contributed by atoms with van der Waals surface area (Å²) in [5.41, 5.74) is 11.3. The monoisotopic (exact) mass is 639 g/mol. The lowest BCUT2D eigenvalue weighted by Crippen LogP contribution is -2.27. The lowest BCUT2D eigenvalue weighted by atomic mass is 9.95. The number of benzene rings is 7. The fourth-order valence-corrected chi connectivity index (χ4v) is 6.95. The van der Waals surface area contributed by atoms with Gasteiger partial charge in [-0.15, -0.1) is 0 Å². The molecule has 9 rings (SSSR count). The summed E-state index contributed by atoms with van der Waals surface area (Å²) in [7, 11) is 0. The highest BCUT2D eigenvalue weighted by atomic mass is 15.0. The molecule has 1 aliphatic rings. The highest BCUT2D eigenvalue weighted by molar-refractivity contribution is 6.06. The van der Waals surface area contributed by atoms with E-state index in [1.165, 1.54) is 38.2 Å². The molecule has 0 saturated heterocycles. The molecule has 1 aliphatic heterocycles. The van der Waals surface area contributed by atoms with Gasteiger partial charge in [0.15, 0.2) is 0 Å². The molecular formula is C47H33N3. The predicted octanol–water partition coefficient (Wildman–Crippen LogP) is 11.5. The van der Waals surface area contributed by atoms with E-state index in [1.54, 1.807) is 6.20 Å². The summed E-state index contributed by atoms with van der Waals surface area (Å²) in [5.74, 6) is 0.851. The number of hydrogen-bond donors (Lipinski definition) is 1. The summed E-state index contributed by atoms with van der Waals surface area (Å²) < 4.78 is 0. The van der Waals surface area contributed by atoms with Crippen molar-refractivity contribution >= 4 is 33.1 Å². The van der Waals surface area contributed by atoms with Gasteiger partial charge in [0.2, 0.25) is 0 Å². The first kappa shape index (κ1) is 29.6. The standard InChI is InChI=1S/C47H33N3/c1-2-10-38-28-39(26-21-32(38)8-1)33-17-22-36(23-18-33)45-30-46(37-24-19-34(20-25-37)42-14-7-27-48-31-42)50-47(49-45)41-13-5-12-40(29-41)44-16-6-11-35-9-3-4-15-43(35)44/h1-31,45H,(H,49,50). The molecule has 0 radical (unpaired) electrons. The number of aromatic nitrogens is 1. The Morgan fingerprint density at radius 1 is 0.440 bits per heavy atom. The summed E-state index contributed by atoms with van der Waals surface area (Å²) >= 11 is 0. The van der Waals surface area contributed by atoms with Gasteiger partial charge in [-0.2, -0.15) is 0 Å². The average Bonchev–Trinajstić information content (AvgIpc) is 3.21. The highest BCUT2D eigenvalue weighted by Crippen LogP contribution is 2.33. The van der Waals surface area contributed by atoms with E-state index in [-0.39, 0.29) is 6.04 Å². The van der Waals surface area contributed by atoms with Gasteiger partial charge in [-0.1, -0.05) is 152 Å². The molecule has 0 bridgehead atoms. The van der Waals surface area contributed by atoms with Crippen LogP contribution in [0.1, 0.15) is 22.7 Å². The average molecular weight is 640 g/mol. The van der Waals surface area contributed by atoms with Gasteiger partial charge in [0, 0.05) is 23.7 Å². The van der Waals surface area contributed by atoms with Gasteiger partial charge in [0.1, 0.15) is 5.84 Å². The number of nitrogens with one attached hydrogen (secondary N) is 1. The Morgan fingerprint density at radius 3 is 1.94 bits per heavy atom. The van der Waals surface area contributed by atoms with E-state index in [1.807, 2.05) is 12.3 Å². The number of amidine groups is 1. The number of fused-ring (bicyclic) bond motifs is 2. The van der Waals surface area contributed by atoms with E-state index in [9.17, 15) is 0 Å². The van der Waals surface area contributed by atoms with E-state index >= 15 is 0 Å². The molecule has 7 aromatic carbocycles. The summed E-state index contributed by atoms with van der Waals surface area (Å²) in [6.45, 7) is 0. The van der Waals surface area contributed by atoms with Crippen molar-refractivity contribution < 1.29 is 0 Å². The van der Waals surface area contributed by atoms with Gasteiger partial charge in [0.25, 0.3) is 0 Å². The topological polar surface area (TPSA) is 37.3 Å². The molecule has 8 aromatic rings. The number of aliphatic imine (C=N–C) groups is 1. The van der Waals surface area contributed by atoms with Crippen LogP contribution < -0.4 is 5.32 Å². The fourth-order valence-electron chi connectivity index (χ4n) is 6.95. The van der Waals surface area contributed by atoms with Crippen LogP contribution in [0.5, 0.6) is 0 Å². The number of nitrogens with zero attached hydrogens (tertiary/aromatic N) is 2. The molecule has 1 N–H and O–H groups in total. The molecule has 3 nitrogen and oxygen atoms in total. The van der Waals surface area contributed by atoms with Gasteiger partial charge < -0.3 is 5.32 Å². The molecule has 3 heteroatoms. The summed E-state index contributed by atoms with van der Waals surface area (Å²) in [5, 5.41) is 8.68. The molecule has 0 aliphatic carbocycles. The third kappa shape index (κ3) is 5.76. The lowest BCUT2D eigenvalue weighted by molar-refractivity contribution is 0.880. The first-order valence-electron chi connectivity index (χ1n) is 17.0. The summed E-state index contributed by atoms with van der Waals surface area (Å²) in [6, 6.07) is 60.4. The van der Waals surface area contributed by atoms with Gasteiger partial charge in [-0.25, -0.2) is 0 Å². The van der Waals surface area contributed by atoms with Crippen molar-refractivity contribution in [2.24, 2.45) is 4.99 Å². The van der Waals surface area contributed by atoms with Gasteiger partial charge >= 0.3 is 0 Å². The Morgan fingerprint density at radius 2 is 1.10 bits per heavy atom. The van der Waals surface area contributed by atoms with Crippen molar-refractivity contribution in [2.75, 3.05) is 0 Å². The second-order valence-electron chi connectivity index (χ2n) is 12.7. The lowest BCUT2D eigenvalue weighted by Gasteiger charge is -2.24. The van der Waals surface area contributed by atoms with Gasteiger partial charge in [0.05, 0.1) is 6.04 Å². The van der Waals surface area contributed by atoms with Crippen molar-refractivity contribution in [3.05, 3.63) is 205 Å². The van der Waals surface area contributed by atoms with Crippen LogP contribution in [0.25, 0.3) is 60.6 Å². The first-order valence-corrected chi connectivity index (χ1v) is 17.0. The van der Waals surface area contributed by atoms with Crippen molar-refractivity contribution in [3.8, 4) is 33.4 Å². The quantitative estimate of drug-likeness (QED) is 0.197. The number of rotatable bonds is 6. The van der Waals surface area contributed by atoms with Crippen molar-refractivity contribution in [1.29, 1.82) is 0 Å². The van der Waals surface area contributed by atoms with Gasteiger partial charge in [-0.05, 0) is 90.3 Å². The minimum atomic E-state index is -0.161. The van der Waals surface area contributed by atoms with E-state index in [2.05, 4.69) is 180 Å². The van der Waals surface area contributed by atoms with Crippen LogP contribution >= 0.6 is 0 Å². The molecule has 0 fully saturated rings. The SMILES string of the molecule is C1=C(c2ccc(-c3cccnc3)cc2)NC(c2cccc(-c3cccc4ccccc34)c2)=NC1c1ccc(-c2ccc3ccccc3c2)cc1. The van der Waals surface area contributed by atoms with Crippen LogP contribution in [-0.2, 0) is 0 Å². The third-order valence-corrected chi connectivity index (χ3v) is 9.61. The van der Waals surface area contributed by atoms with E-state index < -0.39 is 0 Å². The van der Waals surface area contributed by atoms with Crippen LogP contribution in [0.2, 0.25) is 0 Å². The normalized spacial score (nSPS) is 14.2. The minimum Gasteiger partial charge on any atom is -0.340 e. The Balaban J connectivity index is 1.09. The molecule has 0 amide bonds. The van der Waals surface area contributed by atoms with Crippen LogP contribution in [0.4, 0.5) is 0 Å². The molecular weight excluding hydrogens is 607 g/mol.